The minimum Gasteiger partial charge on any atom is -0.423 e. The number of aliphatic hydroxyl groups excluding tert-OH is 1. The summed E-state index contributed by atoms with van der Waals surface area (Å²) in [6.45, 7) is 4.23. The van der Waals surface area contributed by atoms with Crippen LogP contribution in [-0.2, 0) is 9.53 Å². The maximum absolute atomic E-state index is 11.3. The predicted octanol–water partition coefficient (Wildman–Crippen LogP) is 2.09. The number of fused-ring (bicyclic) bond motifs is 2. The Kier molecular flexibility index (Phi) is 2.11. The fraction of sp³-hybridized carbons (Fsp3) is 0.500. The third-order valence-corrected chi connectivity index (χ3v) is 4.48. The van der Waals surface area contributed by atoms with Gasteiger partial charge in [0.25, 0.3) is 0 Å². The molecular formula is C14H16O3. The highest BCUT2D eigenvalue weighted by Crippen LogP contribution is 2.52. The Hall–Kier alpha value is -1.35. The summed E-state index contributed by atoms with van der Waals surface area (Å²) in [6, 6.07) is 0. The molecule has 3 rings (SSSR count). The molecule has 3 unspecified atom stereocenters. The first kappa shape index (κ1) is 10.8. The molecule has 0 spiro atoms. The van der Waals surface area contributed by atoms with Gasteiger partial charge in [-0.1, -0.05) is 19.9 Å². The highest BCUT2D eigenvalue weighted by atomic mass is 16.5. The SMILES string of the molecule is CC1C(O)CC=C2C=C3OC(=O)C=C3CC21C. The molecule has 0 aromatic carbocycles. The van der Waals surface area contributed by atoms with E-state index in [4.69, 9.17) is 4.74 Å². The van der Waals surface area contributed by atoms with Crippen molar-refractivity contribution in [3.05, 3.63) is 35.1 Å². The first-order valence-electron chi connectivity index (χ1n) is 6.04. The van der Waals surface area contributed by atoms with E-state index >= 15 is 0 Å². The zero-order valence-electron chi connectivity index (χ0n) is 10.1. The second-order valence-corrected chi connectivity index (χ2v) is 5.44. The van der Waals surface area contributed by atoms with Crippen LogP contribution in [0, 0.1) is 11.3 Å². The van der Waals surface area contributed by atoms with Gasteiger partial charge in [0, 0.05) is 17.1 Å². The summed E-state index contributed by atoms with van der Waals surface area (Å²) < 4.78 is 5.15. The molecule has 17 heavy (non-hydrogen) atoms. The fourth-order valence-corrected chi connectivity index (χ4v) is 3.07. The molecule has 3 atom stereocenters. The lowest BCUT2D eigenvalue weighted by Crippen LogP contribution is -2.40. The monoisotopic (exact) mass is 232 g/mol. The number of aliphatic hydroxyl groups is 1. The van der Waals surface area contributed by atoms with Crippen molar-refractivity contribution < 1.29 is 14.6 Å². The van der Waals surface area contributed by atoms with Crippen molar-refractivity contribution in [1.29, 1.82) is 0 Å². The molecule has 3 heteroatoms. The Balaban J connectivity index is 2.09. The van der Waals surface area contributed by atoms with E-state index in [2.05, 4.69) is 19.9 Å². The van der Waals surface area contributed by atoms with Gasteiger partial charge in [-0.15, -0.1) is 0 Å². The van der Waals surface area contributed by atoms with Crippen molar-refractivity contribution in [2.45, 2.75) is 32.8 Å². The molecule has 1 heterocycles. The third kappa shape index (κ3) is 1.42. The molecule has 0 aromatic heterocycles. The van der Waals surface area contributed by atoms with Gasteiger partial charge in [0.2, 0.25) is 0 Å². The topological polar surface area (TPSA) is 46.5 Å². The highest BCUT2D eigenvalue weighted by Gasteiger charge is 2.45. The van der Waals surface area contributed by atoms with E-state index in [9.17, 15) is 9.90 Å². The smallest absolute Gasteiger partial charge is 0.336 e. The maximum atomic E-state index is 11.3. The van der Waals surface area contributed by atoms with Crippen LogP contribution in [0.1, 0.15) is 26.7 Å². The minimum atomic E-state index is -0.294. The summed E-state index contributed by atoms with van der Waals surface area (Å²) in [5.41, 5.74) is 2.08. The number of hydrogen-bond donors (Lipinski definition) is 1. The fourth-order valence-electron chi connectivity index (χ4n) is 3.07. The summed E-state index contributed by atoms with van der Waals surface area (Å²) in [5, 5.41) is 9.99. The normalized spacial score (nSPS) is 39.7. The summed E-state index contributed by atoms with van der Waals surface area (Å²) in [4.78, 5) is 11.3. The zero-order chi connectivity index (χ0) is 12.2. The van der Waals surface area contributed by atoms with Gasteiger partial charge < -0.3 is 9.84 Å². The first-order chi connectivity index (χ1) is 8.00. The van der Waals surface area contributed by atoms with Gasteiger partial charge in [0.1, 0.15) is 5.76 Å². The van der Waals surface area contributed by atoms with Crippen molar-refractivity contribution in [3.63, 3.8) is 0 Å². The molecule has 2 aliphatic carbocycles. The average molecular weight is 232 g/mol. The van der Waals surface area contributed by atoms with E-state index in [1.54, 1.807) is 6.08 Å². The van der Waals surface area contributed by atoms with Crippen LogP contribution in [-0.4, -0.2) is 17.2 Å². The number of rotatable bonds is 0. The number of hydrogen-bond acceptors (Lipinski definition) is 3. The van der Waals surface area contributed by atoms with E-state index in [0.717, 1.165) is 12.0 Å². The van der Waals surface area contributed by atoms with E-state index in [-0.39, 0.29) is 23.4 Å². The van der Waals surface area contributed by atoms with Gasteiger partial charge in [0.05, 0.1) is 6.10 Å². The van der Waals surface area contributed by atoms with E-state index in [1.807, 2.05) is 6.08 Å². The quantitative estimate of drug-likeness (QED) is 0.650. The van der Waals surface area contributed by atoms with Crippen LogP contribution >= 0.6 is 0 Å². The van der Waals surface area contributed by atoms with E-state index < -0.39 is 0 Å². The molecule has 0 saturated heterocycles. The Morgan fingerprint density at radius 3 is 3.00 bits per heavy atom. The second kappa shape index (κ2) is 3.33. The Morgan fingerprint density at radius 1 is 1.47 bits per heavy atom. The van der Waals surface area contributed by atoms with E-state index in [1.165, 1.54) is 5.57 Å². The number of carbonyl (C=O) groups excluding carboxylic acids is 1. The largest absolute Gasteiger partial charge is 0.423 e. The van der Waals surface area contributed by atoms with Crippen LogP contribution in [0.2, 0.25) is 0 Å². The molecule has 0 bridgehead atoms. The second-order valence-electron chi connectivity index (χ2n) is 5.44. The van der Waals surface area contributed by atoms with E-state index in [0.29, 0.717) is 12.2 Å². The third-order valence-electron chi connectivity index (χ3n) is 4.48. The number of carbonyl (C=O) groups is 1. The standard InChI is InChI=1S/C14H16O3/c1-8-11(15)4-3-10-6-12-9(5-13(16)17-12)7-14(8,10)2/h3,5-6,8,11,15H,4,7H2,1-2H3. The Bertz CT molecular complexity index is 484. The Labute approximate surface area is 100 Å². The van der Waals surface area contributed by atoms with Gasteiger partial charge in [-0.2, -0.15) is 0 Å². The summed E-state index contributed by atoms with van der Waals surface area (Å²) in [6.07, 6.45) is 6.76. The lowest BCUT2D eigenvalue weighted by molar-refractivity contribution is -0.132. The highest BCUT2D eigenvalue weighted by molar-refractivity contribution is 5.88. The van der Waals surface area contributed by atoms with Gasteiger partial charge >= 0.3 is 5.97 Å². The minimum absolute atomic E-state index is 0.0824. The summed E-state index contributed by atoms with van der Waals surface area (Å²) in [5.74, 6) is 0.613. The maximum Gasteiger partial charge on any atom is 0.336 e. The van der Waals surface area contributed by atoms with Crippen LogP contribution in [0.25, 0.3) is 0 Å². The van der Waals surface area contributed by atoms with Crippen molar-refractivity contribution >= 4 is 5.97 Å². The molecule has 1 aliphatic heterocycles. The van der Waals surface area contributed by atoms with Crippen LogP contribution in [0.15, 0.2) is 35.1 Å². The molecule has 0 amide bonds. The van der Waals surface area contributed by atoms with Crippen LogP contribution in [0.5, 0.6) is 0 Å². The average Bonchev–Trinajstić information content (AvgIpc) is 2.61. The number of ether oxygens (including phenoxy) is 1. The van der Waals surface area contributed by atoms with Gasteiger partial charge in [-0.05, 0) is 30.4 Å². The molecule has 0 fully saturated rings. The lowest BCUT2D eigenvalue weighted by Gasteiger charge is -2.45. The van der Waals surface area contributed by atoms with Crippen LogP contribution in [0.4, 0.5) is 0 Å². The van der Waals surface area contributed by atoms with Gasteiger partial charge in [-0.3, -0.25) is 0 Å². The summed E-state index contributed by atoms with van der Waals surface area (Å²) >= 11 is 0. The molecule has 3 aliphatic rings. The van der Waals surface area contributed by atoms with Crippen molar-refractivity contribution in [3.8, 4) is 0 Å². The molecule has 0 radical (unpaired) electrons. The van der Waals surface area contributed by atoms with Crippen molar-refractivity contribution in [1.82, 2.24) is 0 Å². The molecule has 1 N–H and O–H groups in total. The summed E-state index contributed by atoms with van der Waals surface area (Å²) in [7, 11) is 0. The van der Waals surface area contributed by atoms with Crippen molar-refractivity contribution in [2.75, 3.05) is 0 Å². The number of allylic oxidation sites excluding steroid dienone is 3. The predicted molar refractivity (Wildman–Crippen MR) is 62.9 cm³/mol. The van der Waals surface area contributed by atoms with Gasteiger partial charge in [0.15, 0.2) is 0 Å². The number of esters is 1. The Morgan fingerprint density at radius 2 is 2.24 bits per heavy atom. The molecular weight excluding hydrogens is 216 g/mol. The molecule has 3 nitrogen and oxygen atoms in total. The van der Waals surface area contributed by atoms with Crippen LogP contribution in [0.3, 0.4) is 0 Å². The molecule has 0 aromatic rings. The lowest BCUT2D eigenvalue weighted by atomic mass is 9.61. The van der Waals surface area contributed by atoms with Crippen molar-refractivity contribution in [2.24, 2.45) is 11.3 Å². The molecule has 0 saturated carbocycles. The van der Waals surface area contributed by atoms with Crippen LogP contribution < -0.4 is 0 Å². The van der Waals surface area contributed by atoms with Gasteiger partial charge in [-0.25, -0.2) is 4.79 Å². The first-order valence-corrected chi connectivity index (χ1v) is 6.04. The zero-order valence-corrected chi connectivity index (χ0v) is 10.1. The molecule has 90 valence electrons.